The maximum absolute atomic E-state index is 13.2. The molecule has 0 aliphatic rings. The Morgan fingerprint density at radius 2 is 1.81 bits per heavy atom. The molecular weight excluding hydrogens is 520 g/mol. The fourth-order valence-electron chi connectivity index (χ4n) is 3.69. The molecule has 5 nitrogen and oxygen atoms in total. The Morgan fingerprint density at radius 1 is 1.06 bits per heavy atom. The van der Waals surface area contributed by atoms with Gasteiger partial charge in [-0.3, -0.25) is 4.79 Å². The average Bonchev–Trinajstić information content (AvgIpc) is 3.01. The number of aryl methyl sites for hydroxylation is 1. The molecule has 0 amide bonds. The largest absolute Gasteiger partial charge is 0.317 e. The van der Waals surface area contributed by atoms with E-state index in [-0.39, 0.29) is 11.5 Å². The fraction of sp³-hybridized carbons (Fsp3) is 0.208. The highest BCUT2D eigenvalue weighted by Gasteiger charge is 2.15. The third-order valence-electron chi connectivity index (χ3n) is 5.23. The van der Waals surface area contributed by atoms with Gasteiger partial charge in [0.2, 0.25) is 0 Å². The maximum atomic E-state index is 13.2. The summed E-state index contributed by atoms with van der Waals surface area (Å²) in [7, 11) is 0. The highest BCUT2D eigenvalue weighted by Crippen LogP contribution is 2.26. The first-order chi connectivity index (χ1) is 14.8. The van der Waals surface area contributed by atoms with Crippen LogP contribution in [-0.4, -0.2) is 20.4 Å². The summed E-state index contributed by atoms with van der Waals surface area (Å²) in [6.45, 7) is 8.13. The fourth-order valence-corrected chi connectivity index (χ4v) is 4.52. The van der Waals surface area contributed by atoms with Gasteiger partial charge in [0.1, 0.15) is 5.82 Å². The van der Waals surface area contributed by atoms with E-state index in [9.17, 15) is 4.79 Å². The third-order valence-corrected chi connectivity index (χ3v) is 6.39. The van der Waals surface area contributed by atoms with Crippen LogP contribution in [0, 0.1) is 13.8 Å². The van der Waals surface area contributed by atoms with Crippen molar-refractivity contribution < 1.29 is 0 Å². The molecule has 0 N–H and O–H groups in total. The van der Waals surface area contributed by atoms with Gasteiger partial charge < -0.3 is 4.57 Å². The minimum Gasteiger partial charge on any atom is -0.317 e. The van der Waals surface area contributed by atoms with Gasteiger partial charge in [0, 0.05) is 31.8 Å². The minimum atomic E-state index is -0.175. The summed E-state index contributed by atoms with van der Waals surface area (Å²) in [5.41, 5.74) is 4.64. The Balaban J connectivity index is 1.85. The number of nitrogens with zero attached hydrogens (tertiary/aromatic N) is 4. The van der Waals surface area contributed by atoms with Crippen LogP contribution >= 0.6 is 31.9 Å². The molecule has 0 aliphatic carbocycles. The first-order valence-corrected chi connectivity index (χ1v) is 11.6. The Morgan fingerprint density at radius 3 is 2.52 bits per heavy atom. The Labute approximate surface area is 197 Å². The number of aromatic nitrogens is 3. The van der Waals surface area contributed by atoms with E-state index in [1.165, 1.54) is 4.68 Å². The van der Waals surface area contributed by atoms with Gasteiger partial charge in [-0.05, 0) is 66.2 Å². The summed E-state index contributed by atoms with van der Waals surface area (Å²) in [5, 5.41) is 5.12. The molecule has 2 aromatic carbocycles. The zero-order valence-electron chi connectivity index (χ0n) is 17.7. The molecule has 7 heteroatoms. The van der Waals surface area contributed by atoms with E-state index in [4.69, 9.17) is 4.98 Å². The van der Waals surface area contributed by atoms with Crippen molar-refractivity contribution in [3.8, 4) is 5.69 Å². The first kappa shape index (κ1) is 21.7. The number of fused-ring (bicyclic) bond motifs is 1. The molecule has 158 valence electrons. The van der Waals surface area contributed by atoms with Crippen LogP contribution in [0.1, 0.15) is 42.5 Å². The smallest absolute Gasteiger partial charge is 0.282 e. The highest BCUT2D eigenvalue weighted by molar-refractivity contribution is 9.10. The Kier molecular flexibility index (Phi) is 5.99. The Bertz CT molecular complexity index is 1380. The zero-order chi connectivity index (χ0) is 22.3. The summed E-state index contributed by atoms with van der Waals surface area (Å²) in [5.74, 6) is 0.682. The van der Waals surface area contributed by atoms with Crippen molar-refractivity contribution in [2.24, 2.45) is 5.10 Å². The SMILES string of the molecule is Cc1cc(C=Nn2c(C(C)C)nc3ccc(Br)cc3c2=O)c(C)n1-c1ccccc1Br. The van der Waals surface area contributed by atoms with Gasteiger partial charge in [0.25, 0.3) is 5.56 Å². The average molecular weight is 542 g/mol. The summed E-state index contributed by atoms with van der Waals surface area (Å²) in [6, 6.07) is 15.7. The molecule has 0 saturated heterocycles. The van der Waals surface area contributed by atoms with Crippen LogP contribution in [0.4, 0.5) is 0 Å². The van der Waals surface area contributed by atoms with E-state index in [1.54, 1.807) is 12.3 Å². The molecule has 0 aliphatic heterocycles. The van der Waals surface area contributed by atoms with Gasteiger partial charge in [-0.25, -0.2) is 4.98 Å². The van der Waals surface area contributed by atoms with E-state index in [0.717, 1.165) is 31.6 Å². The number of halogens is 2. The zero-order valence-corrected chi connectivity index (χ0v) is 20.9. The van der Waals surface area contributed by atoms with Crippen LogP contribution in [0.5, 0.6) is 0 Å². The van der Waals surface area contributed by atoms with Gasteiger partial charge in [0.15, 0.2) is 0 Å². The molecule has 0 atom stereocenters. The van der Waals surface area contributed by atoms with Gasteiger partial charge in [-0.15, -0.1) is 0 Å². The first-order valence-electron chi connectivity index (χ1n) is 9.98. The molecule has 4 aromatic rings. The summed E-state index contributed by atoms with van der Waals surface area (Å²) in [6.07, 6.45) is 1.74. The summed E-state index contributed by atoms with van der Waals surface area (Å²) >= 11 is 7.08. The van der Waals surface area contributed by atoms with Crippen molar-refractivity contribution in [3.05, 3.63) is 90.6 Å². The van der Waals surface area contributed by atoms with Crippen molar-refractivity contribution >= 4 is 49.0 Å². The molecule has 0 radical (unpaired) electrons. The molecule has 0 fully saturated rings. The molecule has 2 heterocycles. The van der Waals surface area contributed by atoms with E-state index in [1.807, 2.05) is 44.2 Å². The van der Waals surface area contributed by atoms with Crippen LogP contribution < -0.4 is 5.56 Å². The number of hydrogen-bond acceptors (Lipinski definition) is 3. The second-order valence-corrected chi connectivity index (χ2v) is 9.53. The lowest BCUT2D eigenvalue weighted by atomic mass is 10.2. The molecule has 31 heavy (non-hydrogen) atoms. The van der Waals surface area contributed by atoms with Crippen molar-refractivity contribution in [1.29, 1.82) is 0 Å². The van der Waals surface area contributed by atoms with Crippen molar-refractivity contribution in [2.75, 3.05) is 0 Å². The van der Waals surface area contributed by atoms with Crippen molar-refractivity contribution in [2.45, 2.75) is 33.6 Å². The second kappa shape index (κ2) is 8.55. The molecular formula is C24H22Br2N4O. The van der Waals surface area contributed by atoms with Crippen molar-refractivity contribution in [1.82, 2.24) is 14.2 Å². The lowest BCUT2D eigenvalue weighted by Crippen LogP contribution is -2.23. The predicted octanol–water partition coefficient (Wildman–Crippen LogP) is 6.33. The second-order valence-electron chi connectivity index (χ2n) is 7.76. The summed E-state index contributed by atoms with van der Waals surface area (Å²) in [4.78, 5) is 17.9. The standard InChI is InChI=1S/C24H22Br2N4O/c1-14(2)23-28-21-10-9-18(25)12-19(21)24(31)30(23)27-13-17-11-15(3)29(16(17)4)22-8-6-5-7-20(22)26/h5-14H,1-4H3. The van der Waals surface area contributed by atoms with Crippen molar-refractivity contribution in [3.63, 3.8) is 0 Å². The van der Waals surface area contributed by atoms with E-state index < -0.39 is 0 Å². The lowest BCUT2D eigenvalue weighted by Gasteiger charge is -2.12. The number of hydrogen-bond donors (Lipinski definition) is 0. The molecule has 0 saturated carbocycles. The van der Waals surface area contributed by atoms with Gasteiger partial charge >= 0.3 is 0 Å². The molecule has 0 bridgehead atoms. The predicted molar refractivity (Wildman–Crippen MR) is 134 cm³/mol. The van der Waals surface area contributed by atoms with Gasteiger partial charge in [0.05, 0.1) is 22.8 Å². The molecule has 0 spiro atoms. The van der Waals surface area contributed by atoms with Crippen LogP contribution in [-0.2, 0) is 0 Å². The normalized spacial score (nSPS) is 11.8. The summed E-state index contributed by atoms with van der Waals surface area (Å²) < 4.78 is 5.45. The van der Waals surface area contributed by atoms with E-state index >= 15 is 0 Å². The number of rotatable bonds is 4. The van der Waals surface area contributed by atoms with E-state index in [2.05, 4.69) is 67.5 Å². The maximum Gasteiger partial charge on any atom is 0.282 e. The van der Waals surface area contributed by atoms with Crippen LogP contribution in [0.3, 0.4) is 0 Å². The van der Waals surface area contributed by atoms with Crippen LogP contribution in [0.2, 0.25) is 0 Å². The highest BCUT2D eigenvalue weighted by atomic mass is 79.9. The third kappa shape index (κ3) is 4.04. The molecule has 0 unspecified atom stereocenters. The number of benzene rings is 2. The van der Waals surface area contributed by atoms with E-state index in [0.29, 0.717) is 16.7 Å². The van der Waals surface area contributed by atoms with Crippen LogP contribution in [0.25, 0.3) is 16.6 Å². The monoisotopic (exact) mass is 540 g/mol. The quantitative estimate of drug-likeness (QED) is 0.283. The number of para-hydroxylation sites is 1. The molecule has 2 aromatic heterocycles. The topological polar surface area (TPSA) is 52.2 Å². The van der Waals surface area contributed by atoms with Gasteiger partial charge in [-0.1, -0.05) is 41.9 Å². The lowest BCUT2D eigenvalue weighted by molar-refractivity contribution is 0.665. The Hall–Kier alpha value is -2.51. The molecule has 4 rings (SSSR count). The minimum absolute atomic E-state index is 0.0469. The van der Waals surface area contributed by atoms with Gasteiger partial charge in [-0.2, -0.15) is 9.78 Å². The van der Waals surface area contributed by atoms with Crippen LogP contribution in [0.15, 0.2) is 67.4 Å².